The van der Waals surface area contributed by atoms with Gasteiger partial charge in [-0.1, -0.05) is 103 Å². The van der Waals surface area contributed by atoms with E-state index in [0.717, 1.165) is 27.4 Å². The van der Waals surface area contributed by atoms with Crippen LogP contribution >= 0.6 is 0 Å². The van der Waals surface area contributed by atoms with Crippen LogP contribution in [0.2, 0.25) is 0 Å². The van der Waals surface area contributed by atoms with Crippen molar-refractivity contribution in [3.05, 3.63) is 138 Å². The second-order valence-corrected chi connectivity index (χ2v) is 8.77. The van der Waals surface area contributed by atoms with Crippen molar-refractivity contribution < 1.29 is 5.11 Å². The summed E-state index contributed by atoms with van der Waals surface area (Å²) in [5, 5.41) is 13.3. The predicted molar refractivity (Wildman–Crippen MR) is 135 cm³/mol. The van der Waals surface area contributed by atoms with E-state index in [4.69, 9.17) is 0 Å². The Morgan fingerprint density at radius 3 is 1.94 bits per heavy atom. The number of nitrogens with one attached hydrogen (secondary N) is 1. The van der Waals surface area contributed by atoms with Crippen molar-refractivity contribution in [1.82, 2.24) is 4.98 Å². The second kappa shape index (κ2) is 6.60. The maximum atomic E-state index is 11.4. The molecule has 0 atom stereocenters. The van der Waals surface area contributed by atoms with Crippen molar-refractivity contribution in [2.45, 2.75) is 5.41 Å². The van der Waals surface area contributed by atoms with Crippen LogP contribution in [0.5, 0.6) is 5.75 Å². The van der Waals surface area contributed by atoms with Crippen LogP contribution in [0, 0.1) is 0 Å². The maximum Gasteiger partial charge on any atom is 0.125 e. The minimum Gasteiger partial charge on any atom is -0.507 e. The lowest BCUT2D eigenvalue weighted by Crippen LogP contribution is -2.28. The molecule has 1 aliphatic rings. The zero-order chi connectivity index (χ0) is 22.0. The van der Waals surface area contributed by atoms with E-state index in [0.29, 0.717) is 5.75 Å². The van der Waals surface area contributed by atoms with Crippen LogP contribution in [-0.4, -0.2) is 10.1 Å². The second-order valence-electron chi connectivity index (χ2n) is 8.77. The lowest BCUT2D eigenvalue weighted by atomic mass is 9.67. The summed E-state index contributed by atoms with van der Waals surface area (Å²) in [4.78, 5) is 3.64. The fourth-order valence-electron chi connectivity index (χ4n) is 5.92. The first-order valence-corrected chi connectivity index (χ1v) is 11.3. The number of aromatic amines is 1. The predicted octanol–water partition coefficient (Wildman–Crippen LogP) is 7.39. The third kappa shape index (κ3) is 2.27. The molecule has 2 heteroatoms. The molecule has 5 aromatic carbocycles. The average molecular weight is 424 g/mol. The van der Waals surface area contributed by atoms with Crippen LogP contribution < -0.4 is 0 Å². The third-order valence-corrected chi connectivity index (χ3v) is 7.18. The highest BCUT2D eigenvalue weighted by atomic mass is 16.3. The molecule has 0 saturated carbocycles. The number of aromatic hydroxyl groups is 1. The number of H-pyrrole nitrogens is 1. The number of phenolic OH excluding ortho intramolecular Hbond substituents is 1. The summed E-state index contributed by atoms with van der Waals surface area (Å²) in [5.41, 5.74) is 8.62. The largest absolute Gasteiger partial charge is 0.507 e. The Kier molecular flexibility index (Phi) is 3.66. The Hall–Kier alpha value is -4.30. The van der Waals surface area contributed by atoms with Gasteiger partial charge in [0.2, 0.25) is 0 Å². The molecular formula is C31H21NO. The van der Waals surface area contributed by atoms with Gasteiger partial charge in [-0.15, -0.1) is 0 Å². The molecule has 0 fully saturated rings. The molecule has 0 unspecified atom stereocenters. The summed E-state index contributed by atoms with van der Waals surface area (Å²) in [7, 11) is 0. The van der Waals surface area contributed by atoms with Crippen molar-refractivity contribution in [1.29, 1.82) is 0 Å². The number of hydrogen-bond acceptors (Lipinski definition) is 1. The van der Waals surface area contributed by atoms with Crippen LogP contribution in [0.3, 0.4) is 0 Å². The van der Waals surface area contributed by atoms with Gasteiger partial charge in [0.25, 0.3) is 0 Å². The fraction of sp³-hybridized carbons (Fsp3) is 0.0323. The number of benzene rings is 5. The minimum absolute atomic E-state index is 0.310. The van der Waals surface area contributed by atoms with Crippen LogP contribution in [-0.2, 0) is 5.41 Å². The smallest absolute Gasteiger partial charge is 0.125 e. The number of fused-ring (bicyclic) bond motifs is 7. The average Bonchev–Trinajstić information content (AvgIpc) is 3.40. The van der Waals surface area contributed by atoms with Gasteiger partial charge >= 0.3 is 0 Å². The standard InChI is InChI=1S/C31H21NO/c33-27-19-25-28(30-29(27)23-16-8-10-18-26(23)32-30)22-15-7-9-17-24(22)31(25,20-11-3-1-4-12-20)21-13-5-2-6-14-21/h1-19,32-33H. The first-order chi connectivity index (χ1) is 16.3. The molecule has 6 aromatic rings. The molecule has 0 bridgehead atoms. The molecule has 7 rings (SSSR count). The molecule has 1 heterocycles. The lowest BCUT2D eigenvalue weighted by molar-refractivity contribution is 0.480. The fourth-order valence-corrected chi connectivity index (χ4v) is 5.92. The normalized spacial score (nSPS) is 13.8. The van der Waals surface area contributed by atoms with E-state index in [1.807, 2.05) is 18.2 Å². The Bertz CT molecular complexity index is 1620. The summed E-state index contributed by atoms with van der Waals surface area (Å²) in [5.74, 6) is 0.310. The number of aromatic nitrogens is 1. The highest BCUT2D eigenvalue weighted by Crippen LogP contribution is 2.59. The van der Waals surface area contributed by atoms with Crippen LogP contribution in [0.15, 0.2) is 115 Å². The number of rotatable bonds is 2. The Morgan fingerprint density at radius 1 is 0.606 bits per heavy atom. The van der Waals surface area contributed by atoms with Crippen molar-refractivity contribution in [2.24, 2.45) is 0 Å². The van der Waals surface area contributed by atoms with Gasteiger partial charge in [0.1, 0.15) is 5.75 Å². The van der Waals surface area contributed by atoms with Gasteiger partial charge in [-0.05, 0) is 39.9 Å². The van der Waals surface area contributed by atoms with Gasteiger partial charge in [0.15, 0.2) is 0 Å². The van der Waals surface area contributed by atoms with Gasteiger partial charge < -0.3 is 10.1 Å². The number of para-hydroxylation sites is 1. The van der Waals surface area contributed by atoms with Crippen molar-refractivity contribution in [2.75, 3.05) is 0 Å². The monoisotopic (exact) mass is 423 g/mol. The zero-order valence-corrected chi connectivity index (χ0v) is 17.9. The van der Waals surface area contributed by atoms with Crippen LogP contribution in [0.1, 0.15) is 22.3 Å². The molecular weight excluding hydrogens is 402 g/mol. The molecule has 0 saturated heterocycles. The summed E-state index contributed by atoms with van der Waals surface area (Å²) in [6.45, 7) is 0. The molecule has 2 nitrogen and oxygen atoms in total. The summed E-state index contributed by atoms with van der Waals surface area (Å²) in [6.07, 6.45) is 0. The van der Waals surface area contributed by atoms with E-state index in [1.54, 1.807) is 0 Å². The van der Waals surface area contributed by atoms with Gasteiger partial charge in [0.05, 0.1) is 10.9 Å². The van der Waals surface area contributed by atoms with Crippen molar-refractivity contribution >= 4 is 21.8 Å². The molecule has 1 aromatic heterocycles. The van der Waals surface area contributed by atoms with E-state index in [1.165, 1.54) is 27.8 Å². The molecule has 0 amide bonds. The third-order valence-electron chi connectivity index (χ3n) is 7.18. The Balaban J connectivity index is 1.73. The van der Waals surface area contributed by atoms with E-state index in [-0.39, 0.29) is 0 Å². The van der Waals surface area contributed by atoms with E-state index in [9.17, 15) is 5.11 Å². The van der Waals surface area contributed by atoms with E-state index >= 15 is 0 Å². The highest BCUT2D eigenvalue weighted by Gasteiger charge is 2.47. The molecule has 0 spiro atoms. The van der Waals surface area contributed by atoms with Gasteiger partial charge in [0, 0.05) is 21.9 Å². The van der Waals surface area contributed by atoms with Gasteiger partial charge in [-0.2, -0.15) is 0 Å². The lowest BCUT2D eigenvalue weighted by Gasteiger charge is -2.33. The van der Waals surface area contributed by atoms with Crippen molar-refractivity contribution in [3.8, 4) is 16.9 Å². The first kappa shape index (κ1) is 18.3. The molecule has 0 aliphatic heterocycles. The summed E-state index contributed by atoms with van der Waals surface area (Å²) < 4.78 is 0. The summed E-state index contributed by atoms with van der Waals surface area (Å²) >= 11 is 0. The molecule has 33 heavy (non-hydrogen) atoms. The minimum atomic E-state index is -0.516. The Morgan fingerprint density at radius 2 is 1.21 bits per heavy atom. The van der Waals surface area contributed by atoms with E-state index < -0.39 is 5.41 Å². The summed E-state index contributed by atoms with van der Waals surface area (Å²) in [6, 6.07) is 40.2. The SMILES string of the molecule is Oc1cc2c(c3[nH]c4ccccc4c13)-c1ccccc1C2(c1ccccc1)c1ccccc1. The Labute approximate surface area is 191 Å². The number of phenols is 1. The van der Waals surface area contributed by atoms with Crippen LogP contribution in [0.25, 0.3) is 32.9 Å². The highest BCUT2D eigenvalue weighted by molar-refractivity contribution is 6.17. The molecule has 2 N–H and O–H groups in total. The topological polar surface area (TPSA) is 36.0 Å². The quantitative estimate of drug-likeness (QED) is 0.299. The van der Waals surface area contributed by atoms with Gasteiger partial charge in [-0.25, -0.2) is 0 Å². The maximum absolute atomic E-state index is 11.4. The van der Waals surface area contributed by atoms with Crippen LogP contribution in [0.4, 0.5) is 0 Å². The zero-order valence-electron chi connectivity index (χ0n) is 17.9. The van der Waals surface area contributed by atoms with Crippen molar-refractivity contribution in [3.63, 3.8) is 0 Å². The molecule has 0 radical (unpaired) electrons. The first-order valence-electron chi connectivity index (χ1n) is 11.3. The molecule has 1 aliphatic carbocycles. The number of hydrogen-bond donors (Lipinski definition) is 2. The van der Waals surface area contributed by atoms with E-state index in [2.05, 4.69) is 102 Å². The van der Waals surface area contributed by atoms with Gasteiger partial charge in [-0.3, -0.25) is 0 Å². The molecule has 156 valence electrons.